The van der Waals surface area contributed by atoms with Crippen molar-refractivity contribution in [3.05, 3.63) is 88.7 Å². The van der Waals surface area contributed by atoms with Gasteiger partial charge in [0, 0.05) is 0 Å². The number of rotatable bonds is 10. The molecular formula is C60H79F11O3. The lowest BCUT2D eigenvalue weighted by Gasteiger charge is -2.37. The molecule has 0 amide bonds. The quantitative estimate of drug-likeness (QED) is 0.189. The van der Waals surface area contributed by atoms with E-state index in [0.717, 1.165) is 122 Å². The molecule has 0 saturated heterocycles. The van der Waals surface area contributed by atoms with Crippen LogP contribution in [0.3, 0.4) is 0 Å². The highest BCUT2D eigenvalue weighted by atomic mass is 19.4. The second-order valence-electron chi connectivity index (χ2n) is 23.4. The normalized spacial score (nSPS) is 31.0. The van der Waals surface area contributed by atoms with Crippen LogP contribution in [0.1, 0.15) is 209 Å². The molecule has 0 N–H and O–H groups in total. The number of benzene rings is 3. The summed E-state index contributed by atoms with van der Waals surface area (Å²) in [5, 5.41) is 0. The summed E-state index contributed by atoms with van der Waals surface area (Å²) >= 11 is 0. The van der Waals surface area contributed by atoms with Gasteiger partial charge < -0.3 is 14.2 Å². The predicted octanol–water partition coefficient (Wildman–Crippen LogP) is 20.2. The van der Waals surface area contributed by atoms with Gasteiger partial charge in [0.2, 0.25) is 5.75 Å². The van der Waals surface area contributed by atoms with E-state index in [1.54, 1.807) is 18.2 Å². The molecule has 74 heavy (non-hydrogen) atoms. The van der Waals surface area contributed by atoms with Crippen molar-refractivity contribution in [1.82, 2.24) is 0 Å². The molecule has 0 atom stereocenters. The van der Waals surface area contributed by atoms with E-state index in [0.29, 0.717) is 17.4 Å². The summed E-state index contributed by atoms with van der Waals surface area (Å²) in [6.07, 6.45) is 19.2. The van der Waals surface area contributed by atoms with E-state index in [4.69, 9.17) is 0 Å². The minimum absolute atomic E-state index is 0.00213. The first-order valence-corrected chi connectivity index (χ1v) is 28.0. The Morgan fingerprint density at radius 1 is 0.378 bits per heavy atom. The Bertz CT molecular complexity index is 2110. The highest BCUT2D eigenvalue weighted by Crippen LogP contribution is 2.48. The Labute approximate surface area is 432 Å². The SMILES string of the molecule is CC1CCC(C2CCC(c3cc(F)c(OC(F)(F)F)c(F)c3)CC2)CC1.CC1CCC(C2CCC(c3ccc(OC(F)(F)F)c(F)c3)CC2)CC1.CC1CCC(C2CCC(c3ccc(OC(F)F)cc3)CC2)CC1. The first-order valence-electron chi connectivity index (χ1n) is 28.0. The third kappa shape index (κ3) is 17.4. The average molecular weight is 1060 g/mol. The van der Waals surface area contributed by atoms with Crippen molar-refractivity contribution in [2.75, 3.05) is 0 Å². The van der Waals surface area contributed by atoms with E-state index in [9.17, 15) is 48.3 Å². The maximum Gasteiger partial charge on any atom is 0.573 e. The highest BCUT2D eigenvalue weighted by molar-refractivity contribution is 5.34. The van der Waals surface area contributed by atoms with Crippen LogP contribution in [0.5, 0.6) is 17.2 Å². The second-order valence-corrected chi connectivity index (χ2v) is 23.4. The van der Waals surface area contributed by atoms with Crippen molar-refractivity contribution in [1.29, 1.82) is 0 Å². The lowest BCUT2D eigenvalue weighted by molar-refractivity contribution is -0.277. The van der Waals surface area contributed by atoms with Crippen LogP contribution in [0.25, 0.3) is 0 Å². The molecule has 0 aliphatic heterocycles. The van der Waals surface area contributed by atoms with Crippen LogP contribution in [0, 0.1) is 70.7 Å². The van der Waals surface area contributed by atoms with Crippen molar-refractivity contribution in [3.8, 4) is 17.2 Å². The van der Waals surface area contributed by atoms with Crippen LogP contribution < -0.4 is 14.2 Å². The fourth-order valence-corrected chi connectivity index (χ4v) is 14.0. The molecule has 6 saturated carbocycles. The zero-order valence-corrected chi connectivity index (χ0v) is 43.6. The molecule has 9 rings (SSSR count). The zero-order chi connectivity index (χ0) is 53.2. The fraction of sp³-hybridized carbons (Fsp3) is 0.700. The van der Waals surface area contributed by atoms with Crippen LogP contribution in [-0.2, 0) is 0 Å². The zero-order valence-electron chi connectivity index (χ0n) is 43.6. The van der Waals surface area contributed by atoms with E-state index in [-0.39, 0.29) is 17.6 Å². The molecule has 6 fully saturated rings. The maximum atomic E-state index is 13.9. The van der Waals surface area contributed by atoms with Crippen LogP contribution in [0.4, 0.5) is 48.3 Å². The van der Waals surface area contributed by atoms with Gasteiger partial charge in [0.1, 0.15) is 5.75 Å². The maximum absolute atomic E-state index is 13.9. The van der Waals surface area contributed by atoms with Gasteiger partial charge in [0.05, 0.1) is 0 Å². The fourth-order valence-electron chi connectivity index (χ4n) is 14.0. The summed E-state index contributed by atoms with van der Waals surface area (Å²) in [7, 11) is 0. The lowest BCUT2D eigenvalue weighted by atomic mass is 9.68. The van der Waals surface area contributed by atoms with Crippen LogP contribution >= 0.6 is 0 Å². The van der Waals surface area contributed by atoms with Gasteiger partial charge >= 0.3 is 19.3 Å². The lowest BCUT2D eigenvalue weighted by Crippen LogP contribution is -2.25. The molecule has 14 heteroatoms. The molecular weight excluding hydrogens is 978 g/mol. The van der Waals surface area contributed by atoms with Crippen molar-refractivity contribution in [3.63, 3.8) is 0 Å². The third-order valence-electron chi connectivity index (χ3n) is 18.4. The Balaban J connectivity index is 0.000000162. The monoisotopic (exact) mass is 1060 g/mol. The van der Waals surface area contributed by atoms with Crippen LogP contribution in [0.2, 0.25) is 0 Å². The Morgan fingerprint density at radius 2 is 0.689 bits per heavy atom. The van der Waals surface area contributed by atoms with E-state index < -0.39 is 48.3 Å². The van der Waals surface area contributed by atoms with E-state index in [1.807, 2.05) is 12.1 Å². The summed E-state index contributed by atoms with van der Waals surface area (Å²) in [6.45, 7) is 4.26. The molecule has 0 heterocycles. The Kier molecular flexibility index (Phi) is 20.8. The van der Waals surface area contributed by atoms with E-state index in [1.165, 1.54) is 114 Å². The molecule has 6 aliphatic carbocycles. The van der Waals surface area contributed by atoms with Gasteiger partial charge in [-0.1, -0.05) is 77.5 Å². The number of hydrogen-bond donors (Lipinski definition) is 0. The minimum atomic E-state index is -5.11. The van der Waals surface area contributed by atoms with Crippen molar-refractivity contribution in [2.45, 2.75) is 212 Å². The Morgan fingerprint density at radius 3 is 1.03 bits per heavy atom. The van der Waals surface area contributed by atoms with Crippen LogP contribution in [-0.4, -0.2) is 19.3 Å². The Hall–Kier alpha value is -3.71. The molecule has 3 aromatic rings. The van der Waals surface area contributed by atoms with Gasteiger partial charge in [-0.25, -0.2) is 13.2 Å². The van der Waals surface area contributed by atoms with Gasteiger partial charge in [0.15, 0.2) is 23.2 Å². The summed E-state index contributed by atoms with van der Waals surface area (Å²) in [5.74, 6) is 2.94. The van der Waals surface area contributed by atoms with Crippen molar-refractivity contribution < 1.29 is 62.5 Å². The molecule has 6 aliphatic rings. The molecule has 414 valence electrons. The van der Waals surface area contributed by atoms with Gasteiger partial charge in [-0.3, -0.25) is 0 Å². The van der Waals surface area contributed by atoms with Crippen LogP contribution in [0.15, 0.2) is 54.6 Å². The summed E-state index contributed by atoms with van der Waals surface area (Å²) in [5.41, 5.74) is 2.51. The van der Waals surface area contributed by atoms with Gasteiger partial charge in [-0.2, -0.15) is 8.78 Å². The van der Waals surface area contributed by atoms with E-state index in [2.05, 4.69) is 35.0 Å². The summed E-state index contributed by atoms with van der Waals surface area (Å²) in [4.78, 5) is 0. The summed E-state index contributed by atoms with van der Waals surface area (Å²) < 4.78 is 151. The van der Waals surface area contributed by atoms with Gasteiger partial charge in [-0.05, 0) is 240 Å². The second kappa shape index (κ2) is 26.6. The molecule has 3 aromatic carbocycles. The molecule has 0 aromatic heterocycles. The van der Waals surface area contributed by atoms with Crippen molar-refractivity contribution >= 4 is 0 Å². The molecule has 0 spiro atoms. The number of halogens is 11. The predicted molar refractivity (Wildman–Crippen MR) is 267 cm³/mol. The largest absolute Gasteiger partial charge is 0.573 e. The highest BCUT2D eigenvalue weighted by Gasteiger charge is 2.37. The first-order chi connectivity index (χ1) is 35.2. The average Bonchev–Trinajstić information content (AvgIpc) is 3.36. The van der Waals surface area contributed by atoms with Gasteiger partial charge in [0.25, 0.3) is 0 Å². The number of alkyl halides is 8. The minimum Gasteiger partial charge on any atom is -0.435 e. The molecule has 0 bridgehead atoms. The third-order valence-corrected chi connectivity index (χ3v) is 18.4. The first kappa shape index (κ1) is 58.0. The number of ether oxygens (including phenoxy) is 3. The smallest absolute Gasteiger partial charge is 0.435 e. The standard InChI is InChI=1S/C20H25F5O.C20H26F4O.C20H28F2O/c1-12-2-4-13(5-3-12)14-6-8-15(9-7-14)16-10-17(21)19(18(22)11-16)26-20(23,24)25;1-13-2-4-14(5-3-13)15-6-8-16(9-7-15)17-10-11-19(18(21)12-17)25-20(22,23)24;1-14-2-4-15(5-3-14)16-6-8-17(9-7-16)18-10-12-19(13-11-18)23-20(21)22/h10-15H,2-9H2,1H3;10-16H,2-9H2,1H3;10-17,20H,2-9H2,1H3. The molecule has 0 radical (unpaired) electrons. The van der Waals surface area contributed by atoms with Gasteiger partial charge in [-0.15, -0.1) is 26.3 Å². The number of hydrogen-bond acceptors (Lipinski definition) is 3. The molecule has 3 nitrogen and oxygen atoms in total. The topological polar surface area (TPSA) is 27.7 Å². The van der Waals surface area contributed by atoms with E-state index >= 15 is 0 Å². The molecule has 0 unspecified atom stereocenters. The summed E-state index contributed by atoms with van der Waals surface area (Å²) in [6, 6.07) is 13.2. The van der Waals surface area contributed by atoms with Crippen molar-refractivity contribution in [2.24, 2.45) is 53.3 Å².